The second kappa shape index (κ2) is 3.53. The van der Waals surface area contributed by atoms with Crippen molar-refractivity contribution < 1.29 is 0 Å². The van der Waals surface area contributed by atoms with Crippen LogP contribution >= 0.6 is 9.24 Å². The molecule has 0 aliphatic rings. The summed E-state index contributed by atoms with van der Waals surface area (Å²) in [4.78, 5) is 0. The van der Waals surface area contributed by atoms with Crippen molar-refractivity contribution in [3.63, 3.8) is 0 Å². The van der Waals surface area contributed by atoms with Gasteiger partial charge in [0.2, 0.25) is 0 Å². The maximum absolute atomic E-state index is 2.61. The highest BCUT2D eigenvalue weighted by atomic mass is 31.0. The minimum Gasteiger partial charge on any atom is -0.113 e. The van der Waals surface area contributed by atoms with Gasteiger partial charge in [-0.3, -0.25) is 0 Å². The van der Waals surface area contributed by atoms with Gasteiger partial charge >= 0.3 is 0 Å². The smallest absolute Gasteiger partial charge is 0.0227 e. The van der Waals surface area contributed by atoms with Crippen LogP contribution in [0.25, 0.3) is 5.57 Å². The van der Waals surface area contributed by atoms with Crippen molar-refractivity contribution in [3.8, 4) is 0 Å². The monoisotopic (exact) mass is 150 g/mol. The van der Waals surface area contributed by atoms with Gasteiger partial charge in [-0.1, -0.05) is 36.1 Å². The summed E-state index contributed by atoms with van der Waals surface area (Å²) in [6.45, 7) is 2.10. The third-order valence-electron chi connectivity index (χ3n) is 1.48. The molecular weight excluding hydrogens is 139 g/mol. The van der Waals surface area contributed by atoms with Crippen molar-refractivity contribution in [2.24, 2.45) is 0 Å². The third kappa shape index (κ3) is 1.68. The molecule has 0 aliphatic carbocycles. The van der Waals surface area contributed by atoms with Gasteiger partial charge in [0.1, 0.15) is 0 Å². The van der Waals surface area contributed by atoms with Crippen LogP contribution in [-0.4, -0.2) is 0 Å². The molecule has 0 radical (unpaired) electrons. The number of benzene rings is 1. The Morgan fingerprint density at radius 3 is 2.40 bits per heavy atom. The fourth-order valence-corrected chi connectivity index (χ4v) is 0.990. The van der Waals surface area contributed by atoms with E-state index in [2.05, 4.69) is 28.3 Å². The van der Waals surface area contributed by atoms with Crippen LogP contribution < -0.4 is 0 Å². The van der Waals surface area contributed by atoms with Gasteiger partial charge < -0.3 is 0 Å². The summed E-state index contributed by atoms with van der Waals surface area (Å²) in [6, 6.07) is 10.3. The summed E-state index contributed by atoms with van der Waals surface area (Å²) in [6.07, 6.45) is 0. The predicted molar refractivity (Wildman–Crippen MR) is 49.8 cm³/mol. The Balaban J connectivity index is 2.96. The van der Waals surface area contributed by atoms with Gasteiger partial charge in [0, 0.05) is 0 Å². The second-order valence-corrected chi connectivity index (χ2v) is 2.55. The predicted octanol–water partition coefficient (Wildman–Crippen LogP) is 2.92. The van der Waals surface area contributed by atoms with Crippen molar-refractivity contribution >= 4 is 14.8 Å². The number of hydrogen-bond acceptors (Lipinski definition) is 0. The molecule has 0 N–H and O–H groups in total. The first-order chi connectivity index (χ1) is 4.84. The molecule has 0 amide bonds. The molecule has 1 heteroatoms. The van der Waals surface area contributed by atoms with Crippen molar-refractivity contribution in [3.05, 3.63) is 41.7 Å². The topological polar surface area (TPSA) is 0 Å². The molecule has 0 saturated heterocycles. The van der Waals surface area contributed by atoms with Crippen LogP contribution in [0.15, 0.2) is 36.1 Å². The van der Waals surface area contributed by atoms with Crippen LogP contribution in [0.1, 0.15) is 12.5 Å². The van der Waals surface area contributed by atoms with Crippen LogP contribution in [0.3, 0.4) is 0 Å². The van der Waals surface area contributed by atoms with E-state index in [9.17, 15) is 0 Å². The Bertz CT molecular complexity index is 224. The molecule has 0 nitrogen and oxygen atoms in total. The van der Waals surface area contributed by atoms with Crippen LogP contribution in [-0.2, 0) is 0 Å². The molecule has 0 saturated carbocycles. The molecule has 0 spiro atoms. The third-order valence-corrected chi connectivity index (χ3v) is 1.98. The van der Waals surface area contributed by atoms with Gasteiger partial charge in [-0.15, -0.1) is 9.24 Å². The van der Waals surface area contributed by atoms with E-state index in [4.69, 9.17) is 0 Å². The highest BCUT2D eigenvalue weighted by molar-refractivity contribution is 7.21. The lowest BCUT2D eigenvalue weighted by Gasteiger charge is -1.97. The highest BCUT2D eigenvalue weighted by Crippen LogP contribution is 2.13. The van der Waals surface area contributed by atoms with Gasteiger partial charge in [-0.05, 0) is 18.1 Å². The largest absolute Gasteiger partial charge is 0.113 e. The summed E-state index contributed by atoms with van der Waals surface area (Å²) < 4.78 is 0. The van der Waals surface area contributed by atoms with E-state index >= 15 is 0 Å². The van der Waals surface area contributed by atoms with E-state index in [0.29, 0.717) is 0 Å². The van der Waals surface area contributed by atoms with Gasteiger partial charge in [0.05, 0.1) is 0 Å². The minimum atomic E-state index is 1.29. The summed E-state index contributed by atoms with van der Waals surface area (Å²) in [5, 5.41) is 0. The molecular formula is C9H11P. The zero-order valence-electron chi connectivity index (χ0n) is 6.04. The lowest BCUT2D eigenvalue weighted by atomic mass is 10.1. The molecule has 1 rings (SSSR count). The lowest BCUT2D eigenvalue weighted by molar-refractivity contribution is 1.58. The Morgan fingerprint density at radius 2 is 1.90 bits per heavy atom. The van der Waals surface area contributed by atoms with Gasteiger partial charge in [0.15, 0.2) is 0 Å². The average molecular weight is 150 g/mol. The van der Waals surface area contributed by atoms with Crippen LogP contribution in [0.5, 0.6) is 0 Å². The molecule has 0 fully saturated rings. The fraction of sp³-hybridized carbons (Fsp3) is 0.111. The maximum Gasteiger partial charge on any atom is -0.0227 e. The summed E-state index contributed by atoms with van der Waals surface area (Å²) in [5.41, 5.74) is 2.59. The lowest BCUT2D eigenvalue weighted by Crippen LogP contribution is -1.74. The van der Waals surface area contributed by atoms with Crippen molar-refractivity contribution in [1.82, 2.24) is 0 Å². The Hall–Kier alpha value is -0.610. The summed E-state index contributed by atoms with van der Waals surface area (Å²) >= 11 is 0. The van der Waals surface area contributed by atoms with Gasteiger partial charge in [-0.25, -0.2) is 0 Å². The zero-order chi connectivity index (χ0) is 7.40. The molecule has 1 aromatic rings. The van der Waals surface area contributed by atoms with E-state index in [1.165, 1.54) is 11.1 Å². The first-order valence-corrected chi connectivity index (χ1v) is 3.95. The first kappa shape index (κ1) is 7.50. The second-order valence-electron chi connectivity index (χ2n) is 2.22. The first-order valence-electron chi connectivity index (χ1n) is 3.28. The highest BCUT2D eigenvalue weighted by Gasteiger charge is 1.88. The zero-order valence-corrected chi connectivity index (χ0v) is 7.20. The molecule has 0 bridgehead atoms. The number of allylic oxidation sites excluding steroid dienone is 1. The molecule has 1 unspecified atom stereocenters. The van der Waals surface area contributed by atoms with Crippen molar-refractivity contribution in [1.29, 1.82) is 0 Å². The molecule has 0 aromatic heterocycles. The Morgan fingerprint density at radius 1 is 1.30 bits per heavy atom. The van der Waals surface area contributed by atoms with Crippen LogP contribution in [0, 0.1) is 0 Å². The Labute approximate surface area is 64.2 Å². The van der Waals surface area contributed by atoms with Gasteiger partial charge in [0.25, 0.3) is 0 Å². The standard InChI is InChI=1S/C9H11P/c1-8(7-10)9-5-3-2-4-6-9/h2-7H,10H2,1H3/b8-7-. The number of hydrogen-bond donors (Lipinski definition) is 0. The van der Waals surface area contributed by atoms with Crippen LogP contribution in [0.2, 0.25) is 0 Å². The van der Waals surface area contributed by atoms with E-state index in [1.54, 1.807) is 0 Å². The van der Waals surface area contributed by atoms with E-state index in [0.717, 1.165) is 0 Å². The number of rotatable bonds is 1. The fourth-order valence-electron chi connectivity index (χ4n) is 0.797. The van der Waals surface area contributed by atoms with Crippen molar-refractivity contribution in [2.75, 3.05) is 0 Å². The molecule has 1 atom stereocenters. The van der Waals surface area contributed by atoms with Crippen LogP contribution in [0.4, 0.5) is 0 Å². The minimum absolute atomic E-state index is 1.29. The molecule has 0 aliphatic heterocycles. The normalized spacial score (nSPS) is 11.6. The maximum atomic E-state index is 2.61. The SMILES string of the molecule is C/C(=C/P)c1ccccc1. The van der Waals surface area contributed by atoms with Gasteiger partial charge in [-0.2, -0.15) is 0 Å². The molecule has 52 valence electrons. The Kier molecular flexibility index (Phi) is 2.65. The quantitative estimate of drug-likeness (QED) is 0.540. The summed E-state index contributed by atoms with van der Waals surface area (Å²) in [5.74, 6) is 2.04. The van der Waals surface area contributed by atoms with Crippen molar-refractivity contribution in [2.45, 2.75) is 6.92 Å². The van der Waals surface area contributed by atoms with E-state index < -0.39 is 0 Å². The van der Waals surface area contributed by atoms with E-state index in [1.807, 2.05) is 24.0 Å². The molecule has 10 heavy (non-hydrogen) atoms. The summed E-state index contributed by atoms with van der Waals surface area (Å²) in [7, 11) is 2.61. The molecule has 0 heterocycles. The molecule has 1 aromatic carbocycles. The average Bonchev–Trinajstić information content (AvgIpc) is 2.05. The van der Waals surface area contributed by atoms with E-state index in [-0.39, 0.29) is 0 Å².